The molecule has 33 heavy (non-hydrogen) atoms. The van der Waals surface area contributed by atoms with Crippen LogP contribution in [0.4, 0.5) is 11.8 Å². The van der Waals surface area contributed by atoms with Crippen LogP contribution in [0.2, 0.25) is 0 Å². The van der Waals surface area contributed by atoms with Gasteiger partial charge in [-0.2, -0.15) is 9.61 Å². The lowest BCUT2D eigenvalue weighted by atomic mass is 10.2. The van der Waals surface area contributed by atoms with Crippen LogP contribution in [-0.2, 0) is 0 Å². The van der Waals surface area contributed by atoms with E-state index in [1.165, 1.54) is 6.07 Å². The fourth-order valence-electron chi connectivity index (χ4n) is 4.03. The van der Waals surface area contributed by atoms with Gasteiger partial charge in [-0.15, -0.1) is 0 Å². The summed E-state index contributed by atoms with van der Waals surface area (Å²) in [5, 5.41) is 28.3. The number of aromatic hydroxyl groups is 2. The molecule has 1 saturated carbocycles. The molecule has 0 unspecified atom stereocenters. The van der Waals surface area contributed by atoms with Crippen molar-refractivity contribution in [3.63, 3.8) is 0 Å². The van der Waals surface area contributed by atoms with Crippen molar-refractivity contribution in [2.45, 2.75) is 18.9 Å². The summed E-state index contributed by atoms with van der Waals surface area (Å²) in [6, 6.07) is 7.81. The van der Waals surface area contributed by atoms with Gasteiger partial charge < -0.3 is 20.4 Å². The molecule has 2 aliphatic rings. The SMILES string of the molecule is Oc1cc(C=c2cnn3c(NC4CC4)nc(=[N+]4CCN(c5ccccn5)CC4)nc23)c(O)[nH]1. The summed E-state index contributed by atoms with van der Waals surface area (Å²) in [7, 11) is 0. The van der Waals surface area contributed by atoms with E-state index in [1.807, 2.05) is 24.4 Å². The highest BCUT2D eigenvalue weighted by molar-refractivity contribution is 5.61. The standard InChI is InChI=1S/C22H23N9O2/c32-18-12-14(20(33)26-18)11-15-13-24-31-19(15)27-21(28-22(31)25-16-4-5-16)30-9-7-29(8-10-30)17-3-1-2-6-23-17/h1-3,6,11-13,16H,4-5,7-10H2,(H3,24,25,26,27,28,32,33)/p+1. The van der Waals surface area contributed by atoms with Crippen LogP contribution in [-0.4, -0.2) is 72.0 Å². The lowest BCUT2D eigenvalue weighted by molar-refractivity contribution is 0.425. The zero-order valence-electron chi connectivity index (χ0n) is 17.9. The molecule has 1 aliphatic heterocycles. The van der Waals surface area contributed by atoms with E-state index in [-0.39, 0.29) is 11.8 Å². The fourth-order valence-corrected chi connectivity index (χ4v) is 4.03. The molecule has 1 aliphatic carbocycles. The Labute approximate surface area is 188 Å². The largest absolute Gasteiger partial charge is 0.494 e. The molecule has 0 bridgehead atoms. The summed E-state index contributed by atoms with van der Waals surface area (Å²) in [5.74, 6) is 1.42. The average molecular weight is 446 g/mol. The van der Waals surface area contributed by atoms with Gasteiger partial charge in [-0.1, -0.05) is 6.07 Å². The average Bonchev–Trinajstić information content (AvgIpc) is 3.47. The van der Waals surface area contributed by atoms with E-state index in [0.717, 1.165) is 50.1 Å². The van der Waals surface area contributed by atoms with E-state index < -0.39 is 0 Å². The molecule has 168 valence electrons. The summed E-state index contributed by atoms with van der Waals surface area (Å²) >= 11 is 0. The molecule has 0 amide bonds. The quantitative estimate of drug-likeness (QED) is 0.314. The molecule has 11 nitrogen and oxygen atoms in total. The fraction of sp³-hybridized carbons (Fsp3) is 0.318. The summed E-state index contributed by atoms with van der Waals surface area (Å²) in [5.41, 5.74) is 1.74. The van der Waals surface area contributed by atoms with Crippen LogP contribution in [0.15, 0.2) is 36.7 Å². The lowest BCUT2D eigenvalue weighted by Crippen LogP contribution is -2.50. The van der Waals surface area contributed by atoms with E-state index in [9.17, 15) is 10.2 Å². The number of nitrogens with one attached hydrogen (secondary N) is 2. The summed E-state index contributed by atoms with van der Waals surface area (Å²) < 4.78 is 3.87. The molecule has 0 radical (unpaired) electrons. The number of pyridine rings is 1. The minimum Gasteiger partial charge on any atom is -0.494 e. The van der Waals surface area contributed by atoms with Crippen molar-refractivity contribution < 1.29 is 10.2 Å². The summed E-state index contributed by atoms with van der Waals surface area (Å²) in [6.07, 6.45) is 7.47. The Morgan fingerprint density at radius 3 is 2.70 bits per heavy atom. The maximum absolute atomic E-state index is 10.0. The highest BCUT2D eigenvalue weighted by atomic mass is 16.3. The second-order valence-electron chi connectivity index (χ2n) is 8.37. The second kappa shape index (κ2) is 7.76. The van der Waals surface area contributed by atoms with E-state index in [2.05, 4.69) is 29.9 Å². The van der Waals surface area contributed by atoms with Crippen LogP contribution < -0.4 is 25.6 Å². The minimum atomic E-state index is -0.108. The Kier molecular flexibility index (Phi) is 4.60. The predicted molar refractivity (Wildman–Crippen MR) is 122 cm³/mol. The normalized spacial score (nSPS) is 17.2. The smallest absolute Gasteiger partial charge is 0.434 e. The third kappa shape index (κ3) is 3.81. The molecule has 0 aromatic carbocycles. The van der Waals surface area contributed by atoms with Crippen LogP contribution in [0.5, 0.6) is 11.8 Å². The number of anilines is 2. The first-order valence-electron chi connectivity index (χ1n) is 11.0. The Morgan fingerprint density at radius 2 is 2.00 bits per heavy atom. The Bertz CT molecular complexity index is 1430. The Morgan fingerprint density at radius 1 is 1.15 bits per heavy atom. The number of H-pyrrole nitrogens is 1. The van der Waals surface area contributed by atoms with Gasteiger partial charge in [-0.05, 0) is 41.0 Å². The molecular weight excluding hydrogens is 422 g/mol. The monoisotopic (exact) mass is 446 g/mol. The first-order valence-corrected chi connectivity index (χ1v) is 11.0. The van der Waals surface area contributed by atoms with Crippen molar-refractivity contribution in [2.75, 3.05) is 36.4 Å². The highest BCUT2D eigenvalue weighted by Crippen LogP contribution is 2.23. The predicted octanol–water partition coefficient (Wildman–Crippen LogP) is -0.327. The van der Waals surface area contributed by atoms with Crippen molar-refractivity contribution in [1.29, 1.82) is 0 Å². The zero-order chi connectivity index (χ0) is 22.4. The molecule has 4 N–H and O–H groups in total. The topological polar surface area (TPSA) is 130 Å². The Balaban J connectivity index is 1.42. The first kappa shape index (κ1) is 19.5. The van der Waals surface area contributed by atoms with Crippen LogP contribution in [0, 0.1) is 0 Å². The zero-order valence-corrected chi connectivity index (χ0v) is 17.9. The molecule has 5 heterocycles. The van der Waals surface area contributed by atoms with Gasteiger partial charge >= 0.3 is 11.6 Å². The van der Waals surface area contributed by atoms with Gasteiger partial charge in [0, 0.05) is 23.9 Å². The number of fused-ring (bicyclic) bond motifs is 1. The number of rotatable bonds is 4. The van der Waals surface area contributed by atoms with Gasteiger partial charge in [0.15, 0.2) is 11.8 Å². The molecular formula is C22H24N9O2+. The molecule has 4 aromatic rings. The van der Waals surface area contributed by atoms with Crippen LogP contribution in [0.25, 0.3) is 11.7 Å². The number of aromatic amines is 1. The maximum atomic E-state index is 10.0. The van der Waals surface area contributed by atoms with Gasteiger partial charge in [0.1, 0.15) is 5.82 Å². The van der Waals surface area contributed by atoms with E-state index in [0.29, 0.717) is 28.8 Å². The summed E-state index contributed by atoms with van der Waals surface area (Å²) in [6.45, 7) is 3.20. The molecule has 0 atom stereocenters. The first-order chi connectivity index (χ1) is 16.1. The van der Waals surface area contributed by atoms with E-state index >= 15 is 0 Å². The highest BCUT2D eigenvalue weighted by Gasteiger charge is 2.27. The number of nitrogens with zero attached hydrogens (tertiary/aromatic N) is 7. The van der Waals surface area contributed by atoms with Crippen LogP contribution in [0.3, 0.4) is 0 Å². The van der Waals surface area contributed by atoms with Gasteiger partial charge in [0.25, 0.3) is 0 Å². The van der Waals surface area contributed by atoms with Gasteiger partial charge in [-0.3, -0.25) is 9.56 Å². The van der Waals surface area contributed by atoms with Crippen molar-refractivity contribution >= 4 is 23.5 Å². The van der Waals surface area contributed by atoms with Gasteiger partial charge in [0.2, 0.25) is 5.65 Å². The second-order valence-corrected chi connectivity index (χ2v) is 8.37. The van der Waals surface area contributed by atoms with Crippen LogP contribution >= 0.6 is 0 Å². The summed E-state index contributed by atoms with van der Waals surface area (Å²) in [4.78, 5) is 18.8. The maximum Gasteiger partial charge on any atom is 0.434 e. The van der Waals surface area contributed by atoms with Crippen molar-refractivity contribution in [3.8, 4) is 11.8 Å². The van der Waals surface area contributed by atoms with Crippen molar-refractivity contribution in [1.82, 2.24) is 34.1 Å². The lowest BCUT2D eigenvalue weighted by Gasteiger charge is -2.28. The van der Waals surface area contributed by atoms with Crippen molar-refractivity contribution in [2.24, 2.45) is 0 Å². The minimum absolute atomic E-state index is 0.104. The molecule has 6 rings (SSSR count). The number of hydrogen-bond acceptors (Lipinski definition) is 8. The van der Waals surface area contributed by atoms with E-state index in [1.54, 1.807) is 16.8 Å². The molecule has 4 aromatic heterocycles. The number of hydrogen-bond donors (Lipinski definition) is 4. The van der Waals surface area contributed by atoms with Crippen molar-refractivity contribution in [3.05, 3.63) is 53.1 Å². The number of aromatic nitrogens is 6. The van der Waals surface area contributed by atoms with Gasteiger partial charge in [0.05, 0.1) is 37.6 Å². The molecule has 0 spiro atoms. The molecule has 1 saturated heterocycles. The van der Waals surface area contributed by atoms with Gasteiger partial charge in [-0.25, -0.2) is 4.98 Å². The molecule has 11 heteroatoms. The number of piperazine rings is 1. The Hall–Kier alpha value is -4.15. The molecule has 2 fully saturated rings. The van der Waals surface area contributed by atoms with E-state index in [4.69, 9.17) is 9.97 Å². The van der Waals surface area contributed by atoms with Crippen LogP contribution in [0.1, 0.15) is 18.4 Å². The third-order valence-corrected chi connectivity index (χ3v) is 5.95. The third-order valence-electron chi connectivity index (χ3n) is 5.95.